The zero-order valence-electron chi connectivity index (χ0n) is 31.6. The molecule has 2 aliphatic heterocycles. The summed E-state index contributed by atoms with van der Waals surface area (Å²) in [5, 5.41) is 24.6. The third-order valence-electron chi connectivity index (χ3n) is 9.98. The zero-order valence-corrected chi connectivity index (χ0v) is 31.6. The maximum absolute atomic E-state index is 13.5. The number of nitrogen functional groups attached to an aromatic ring is 1. The number of nitrogens with one attached hydrogen (secondary N) is 2. The van der Waals surface area contributed by atoms with Crippen molar-refractivity contribution in [1.29, 1.82) is 0 Å². The zero-order chi connectivity index (χ0) is 42.8. The van der Waals surface area contributed by atoms with Crippen LogP contribution in [0.2, 0.25) is 0 Å². The average molecular weight is 829 g/mol. The number of imidazole rings is 1. The smallest absolute Gasteiger partial charge is 0.391 e. The number of piperazine rings is 2. The number of carbonyl (C=O) groups is 1. The number of hydrogen-bond acceptors (Lipinski definition) is 11. The summed E-state index contributed by atoms with van der Waals surface area (Å²) in [7, 11) is 3.89. The summed E-state index contributed by atoms with van der Waals surface area (Å²) in [4.78, 5) is 48.7. The van der Waals surface area contributed by atoms with E-state index < -0.39 is 44.9 Å². The van der Waals surface area contributed by atoms with E-state index in [4.69, 9.17) is 5.73 Å². The van der Waals surface area contributed by atoms with Gasteiger partial charge in [0.25, 0.3) is 17.3 Å². The molecule has 2 saturated heterocycles. The number of anilines is 4. The molecular weight excluding hydrogens is 790 g/mol. The van der Waals surface area contributed by atoms with Crippen LogP contribution in [0, 0.1) is 20.2 Å². The van der Waals surface area contributed by atoms with Gasteiger partial charge in [-0.1, -0.05) is 12.1 Å². The molecule has 7 rings (SSSR count). The Morgan fingerprint density at radius 1 is 0.729 bits per heavy atom. The minimum atomic E-state index is -4.64. The number of para-hydroxylation sites is 2. The van der Waals surface area contributed by atoms with Crippen molar-refractivity contribution in [3.8, 4) is 11.4 Å². The number of fused-ring (bicyclic) bond motifs is 1. The maximum atomic E-state index is 13.5. The molecule has 0 saturated carbocycles. The Morgan fingerprint density at radius 2 is 1.24 bits per heavy atom. The highest BCUT2D eigenvalue weighted by Gasteiger charge is 2.34. The maximum Gasteiger partial charge on any atom is 0.416 e. The van der Waals surface area contributed by atoms with Crippen molar-refractivity contribution in [3.63, 3.8) is 0 Å². The van der Waals surface area contributed by atoms with Gasteiger partial charge in [0.2, 0.25) is 0 Å². The van der Waals surface area contributed by atoms with Crippen molar-refractivity contribution in [2.24, 2.45) is 0 Å². The highest BCUT2D eigenvalue weighted by atomic mass is 19.4. The summed E-state index contributed by atoms with van der Waals surface area (Å²) in [6.07, 6.45) is -9.16. The normalized spacial score (nSPS) is 15.5. The van der Waals surface area contributed by atoms with Crippen LogP contribution < -0.4 is 20.9 Å². The lowest BCUT2D eigenvalue weighted by molar-refractivity contribution is -0.383. The minimum absolute atomic E-state index is 0.0484. The summed E-state index contributed by atoms with van der Waals surface area (Å²) in [5.41, 5.74) is 4.34. The largest absolute Gasteiger partial charge is 0.416 e. The predicted octanol–water partition coefficient (Wildman–Crippen LogP) is 7.11. The number of non-ortho nitro benzene ring substituents is 1. The second kappa shape index (κ2) is 16.8. The fourth-order valence-corrected chi connectivity index (χ4v) is 6.63. The number of hydrogen-bond donors (Lipinski definition) is 3. The monoisotopic (exact) mass is 828 g/mol. The van der Waals surface area contributed by atoms with Crippen molar-refractivity contribution in [2.45, 2.75) is 12.4 Å². The van der Waals surface area contributed by atoms with E-state index in [0.717, 1.165) is 37.4 Å². The summed E-state index contributed by atoms with van der Waals surface area (Å²) < 4.78 is 80.8. The Kier molecular flexibility index (Phi) is 12.0. The number of amides is 1. The first-order valence-electron chi connectivity index (χ1n) is 18.1. The Labute approximate surface area is 332 Å². The first-order valence-corrected chi connectivity index (χ1v) is 18.1. The molecule has 1 aromatic heterocycles. The second-order valence-electron chi connectivity index (χ2n) is 14.1. The van der Waals surface area contributed by atoms with Gasteiger partial charge < -0.3 is 35.6 Å². The Bertz CT molecular complexity index is 2370. The number of alkyl halides is 6. The van der Waals surface area contributed by atoms with E-state index in [9.17, 15) is 51.4 Å². The molecular formula is C38H38F6N10O5. The molecule has 312 valence electrons. The first-order chi connectivity index (χ1) is 27.8. The van der Waals surface area contributed by atoms with Gasteiger partial charge >= 0.3 is 12.4 Å². The highest BCUT2D eigenvalue weighted by molar-refractivity contribution is 6.07. The number of halogens is 6. The van der Waals surface area contributed by atoms with E-state index in [0.29, 0.717) is 50.5 Å². The van der Waals surface area contributed by atoms with Crippen molar-refractivity contribution >= 4 is 51.1 Å². The van der Waals surface area contributed by atoms with Gasteiger partial charge in [-0.25, -0.2) is 4.98 Å². The van der Waals surface area contributed by atoms with Crippen LogP contribution in [0.3, 0.4) is 0 Å². The Balaban J connectivity index is 0.000000198. The number of aromatic amines is 1. The number of rotatable bonds is 7. The SMILES string of the molecule is CN1CCN(c2cc(-c3nc4c([N+](=O)[O-])cccc4[nH]3)cc(C(F)(F)F)c2)CC1.CN1CCN(c2cc(C(=O)Nc3cccc([N+](=O)[O-])c3N)cc(C(F)(F)F)c2)CC1. The Morgan fingerprint density at radius 3 is 1.78 bits per heavy atom. The number of nitro groups is 2. The molecule has 1 amide bonds. The number of nitrogens with two attached hydrogens (primary N) is 1. The van der Waals surface area contributed by atoms with Crippen LogP contribution in [0.5, 0.6) is 0 Å². The summed E-state index contributed by atoms with van der Waals surface area (Å²) >= 11 is 0. The molecule has 0 bridgehead atoms. The van der Waals surface area contributed by atoms with Gasteiger partial charge in [0.15, 0.2) is 5.52 Å². The topological polar surface area (TPSA) is 183 Å². The van der Waals surface area contributed by atoms with Crippen molar-refractivity contribution in [2.75, 3.05) is 87.3 Å². The van der Waals surface area contributed by atoms with Crippen LogP contribution in [0.15, 0.2) is 72.8 Å². The number of aromatic nitrogens is 2. The lowest BCUT2D eigenvalue weighted by Gasteiger charge is -2.34. The molecule has 0 radical (unpaired) electrons. The predicted molar refractivity (Wildman–Crippen MR) is 210 cm³/mol. The summed E-state index contributed by atoms with van der Waals surface area (Å²) in [5.74, 6) is -0.681. The van der Waals surface area contributed by atoms with Crippen LogP contribution in [0.1, 0.15) is 21.5 Å². The number of nitro benzene ring substituents is 2. The molecule has 4 N–H and O–H groups in total. The van der Waals surface area contributed by atoms with E-state index in [1.54, 1.807) is 17.0 Å². The summed E-state index contributed by atoms with van der Waals surface area (Å²) in [6, 6.07) is 15.2. The summed E-state index contributed by atoms with van der Waals surface area (Å²) in [6.45, 7) is 5.15. The second-order valence-corrected chi connectivity index (χ2v) is 14.1. The number of carbonyl (C=O) groups excluding carboxylic acids is 1. The van der Waals surface area contributed by atoms with Crippen LogP contribution in [0.4, 0.5) is 60.5 Å². The molecule has 59 heavy (non-hydrogen) atoms. The van der Waals surface area contributed by atoms with Gasteiger partial charge in [0.05, 0.1) is 32.2 Å². The van der Waals surface area contributed by atoms with E-state index in [-0.39, 0.29) is 45.2 Å². The first kappa shape index (κ1) is 42.1. The molecule has 0 spiro atoms. The number of H-pyrrole nitrogens is 1. The lowest BCUT2D eigenvalue weighted by Crippen LogP contribution is -2.44. The van der Waals surface area contributed by atoms with Gasteiger partial charge in [-0.05, 0) is 62.6 Å². The van der Waals surface area contributed by atoms with Crippen LogP contribution in [-0.2, 0) is 12.4 Å². The number of likely N-dealkylation sites (N-methyl/N-ethyl adjacent to an activating group) is 2. The van der Waals surface area contributed by atoms with E-state index in [1.807, 2.05) is 19.0 Å². The number of benzene rings is 4. The molecule has 0 atom stereocenters. The molecule has 5 aromatic rings. The van der Waals surface area contributed by atoms with E-state index >= 15 is 0 Å². The third-order valence-corrected chi connectivity index (χ3v) is 9.98. The Hall–Kier alpha value is -6.48. The molecule has 0 unspecified atom stereocenters. The minimum Gasteiger partial charge on any atom is -0.391 e. The van der Waals surface area contributed by atoms with Crippen molar-refractivity contribution in [1.82, 2.24) is 19.8 Å². The van der Waals surface area contributed by atoms with Crippen LogP contribution >= 0.6 is 0 Å². The van der Waals surface area contributed by atoms with Gasteiger partial charge in [0, 0.05) is 87.0 Å². The standard InChI is InChI=1S/C19H20F3N5O3.C19H18F3N5O2/c1-25-5-7-26(8-6-25)14-10-12(9-13(11-14)19(20,21)22)18(28)24-15-3-2-4-16(17(15)23)27(29)30;1-25-5-7-26(8-6-25)14-10-12(9-13(11-14)19(20,21)22)18-23-15-3-2-4-16(27(28)29)17(15)24-18/h2-4,9-11H,5-8,23H2,1H3,(H,24,28);2-4,9-11H,5-8H2,1H3,(H,23,24). The molecule has 3 heterocycles. The van der Waals surface area contributed by atoms with Crippen molar-refractivity contribution in [3.05, 3.63) is 110 Å². The molecule has 4 aromatic carbocycles. The third kappa shape index (κ3) is 9.80. The molecule has 0 aliphatic carbocycles. The van der Waals surface area contributed by atoms with Gasteiger partial charge in [-0.3, -0.25) is 25.0 Å². The van der Waals surface area contributed by atoms with E-state index in [1.165, 1.54) is 36.4 Å². The van der Waals surface area contributed by atoms with Crippen LogP contribution in [-0.4, -0.2) is 102 Å². The molecule has 2 fully saturated rings. The van der Waals surface area contributed by atoms with Gasteiger partial charge in [0.1, 0.15) is 11.5 Å². The molecule has 2 aliphatic rings. The highest BCUT2D eigenvalue weighted by Crippen LogP contribution is 2.38. The van der Waals surface area contributed by atoms with E-state index in [2.05, 4.69) is 25.1 Å². The fraction of sp³-hybridized carbons (Fsp3) is 0.316. The molecule has 21 heteroatoms. The van der Waals surface area contributed by atoms with Gasteiger partial charge in [-0.2, -0.15) is 26.3 Å². The quantitative estimate of drug-likeness (QED) is 0.0658. The lowest BCUT2D eigenvalue weighted by atomic mass is 10.1. The van der Waals surface area contributed by atoms with Crippen LogP contribution in [0.25, 0.3) is 22.4 Å². The van der Waals surface area contributed by atoms with Gasteiger partial charge in [-0.15, -0.1) is 0 Å². The average Bonchev–Trinajstić information content (AvgIpc) is 3.63. The molecule has 15 nitrogen and oxygen atoms in total. The number of nitrogens with zero attached hydrogens (tertiary/aromatic N) is 7. The fourth-order valence-electron chi connectivity index (χ4n) is 6.63. The van der Waals surface area contributed by atoms with Crippen molar-refractivity contribution < 1.29 is 41.0 Å².